The molecule has 0 saturated carbocycles. The number of ether oxygens (including phenoxy) is 2. The molecule has 0 aliphatic carbocycles. The predicted octanol–water partition coefficient (Wildman–Crippen LogP) is 3.55. The second kappa shape index (κ2) is 10.0. The third-order valence-electron chi connectivity index (χ3n) is 4.93. The minimum absolute atomic E-state index is 0.258. The van der Waals surface area contributed by atoms with Crippen molar-refractivity contribution >= 4 is 16.9 Å². The number of aliphatic hydroxyl groups is 1. The van der Waals surface area contributed by atoms with E-state index in [-0.39, 0.29) is 6.54 Å². The van der Waals surface area contributed by atoms with Crippen molar-refractivity contribution in [2.24, 2.45) is 4.99 Å². The summed E-state index contributed by atoms with van der Waals surface area (Å²) >= 11 is 0. The fourth-order valence-corrected chi connectivity index (χ4v) is 3.27. The highest BCUT2D eigenvalue weighted by Gasteiger charge is 2.16. The van der Waals surface area contributed by atoms with Crippen LogP contribution in [0.4, 0.5) is 0 Å². The molecular formula is C23H29N3O4. The van der Waals surface area contributed by atoms with Crippen LogP contribution in [0.1, 0.15) is 29.9 Å². The van der Waals surface area contributed by atoms with E-state index in [0.717, 1.165) is 22.3 Å². The van der Waals surface area contributed by atoms with E-state index < -0.39 is 6.10 Å². The number of aliphatic imine (C=N–C) groups is 1. The molecule has 0 aliphatic rings. The first-order valence-corrected chi connectivity index (χ1v) is 9.96. The van der Waals surface area contributed by atoms with Crippen molar-refractivity contribution in [1.29, 1.82) is 0 Å². The lowest BCUT2D eigenvalue weighted by atomic mass is 10.1. The lowest BCUT2D eigenvalue weighted by Crippen LogP contribution is -2.39. The van der Waals surface area contributed by atoms with Crippen LogP contribution in [0.15, 0.2) is 51.9 Å². The van der Waals surface area contributed by atoms with E-state index >= 15 is 0 Å². The monoisotopic (exact) mass is 411 g/mol. The van der Waals surface area contributed by atoms with Gasteiger partial charge in [0, 0.05) is 29.6 Å². The van der Waals surface area contributed by atoms with Crippen LogP contribution < -0.4 is 20.1 Å². The number of aryl methyl sites for hydroxylation is 1. The van der Waals surface area contributed by atoms with Gasteiger partial charge < -0.3 is 29.6 Å². The van der Waals surface area contributed by atoms with Gasteiger partial charge in [-0.05, 0) is 38.1 Å². The average Bonchev–Trinajstić information content (AvgIpc) is 3.10. The summed E-state index contributed by atoms with van der Waals surface area (Å²) in [6, 6.07) is 13.3. The smallest absolute Gasteiger partial charge is 0.191 e. The highest BCUT2D eigenvalue weighted by atomic mass is 16.5. The van der Waals surface area contributed by atoms with Gasteiger partial charge in [0.1, 0.15) is 29.4 Å². The Morgan fingerprint density at radius 2 is 1.93 bits per heavy atom. The molecule has 1 unspecified atom stereocenters. The van der Waals surface area contributed by atoms with Gasteiger partial charge in [-0.25, -0.2) is 4.99 Å². The molecule has 3 N–H and O–H groups in total. The quantitative estimate of drug-likeness (QED) is 0.388. The van der Waals surface area contributed by atoms with Gasteiger partial charge in [-0.15, -0.1) is 0 Å². The van der Waals surface area contributed by atoms with Gasteiger partial charge in [-0.3, -0.25) is 0 Å². The minimum Gasteiger partial charge on any atom is -0.497 e. The lowest BCUT2D eigenvalue weighted by molar-refractivity contribution is 0.176. The zero-order valence-electron chi connectivity index (χ0n) is 17.9. The second-order valence-electron chi connectivity index (χ2n) is 6.85. The summed E-state index contributed by atoms with van der Waals surface area (Å²) in [6.45, 7) is 5.38. The number of benzene rings is 2. The molecule has 0 fully saturated rings. The van der Waals surface area contributed by atoms with Gasteiger partial charge in [0.25, 0.3) is 0 Å². The molecule has 0 bridgehead atoms. The Morgan fingerprint density at radius 1 is 1.13 bits per heavy atom. The van der Waals surface area contributed by atoms with E-state index in [2.05, 4.69) is 15.6 Å². The Kier molecular flexibility index (Phi) is 7.19. The fraction of sp³-hybridized carbons (Fsp3) is 0.348. The van der Waals surface area contributed by atoms with Gasteiger partial charge in [-0.2, -0.15) is 0 Å². The summed E-state index contributed by atoms with van der Waals surface area (Å²) in [7, 11) is 3.17. The van der Waals surface area contributed by atoms with E-state index in [1.807, 2.05) is 38.1 Å². The van der Waals surface area contributed by atoms with Crippen LogP contribution in [0, 0.1) is 6.92 Å². The zero-order chi connectivity index (χ0) is 21.5. The number of hydrogen-bond acceptors (Lipinski definition) is 5. The second-order valence-corrected chi connectivity index (χ2v) is 6.85. The topological polar surface area (TPSA) is 88.3 Å². The maximum atomic E-state index is 10.7. The molecule has 3 rings (SSSR count). The van der Waals surface area contributed by atoms with Crippen molar-refractivity contribution in [1.82, 2.24) is 10.6 Å². The largest absolute Gasteiger partial charge is 0.497 e. The molecule has 1 aromatic heterocycles. The molecule has 7 heteroatoms. The number of para-hydroxylation sites is 1. The van der Waals surface area contributed by atoms with Gasteiger partial charge in [0.2, 0.25) is 0 Å². The number of aliphatic hydroxyl groups excluding tert-OH is 1. The molecule has 2 aromatic carbocycles. The van der Waals surface area contributed by atoms with E-state index in [1.165, 1.54) is 0 Å². The van der Waals surface area contributed by atoms with E-state index in [4.69, 9.17) is 13.9 Å². The van der Waals surface area contributed by atoms with Crippen LogP contribution >= 0.6 is 0 Å². The first-order valence-electron chi connectivity index (χ1n) is 9.96. The molecule has 0 saturated heterocycles. The zero-order valence-corrected chi connectivity index (χ0v) is 17.9. The fourth-order valence-electron chi connectivity index (χ4n) is 3.27. The third-order valence-corrected chi connectivity index (χ3v) is 4.93. The Morgan fingerprint density at radius 3 is 2.63 bits per heavy atom. The Balaban J connectivity index is 1.71. The number of fused-ring (bicyclic) bond motifs is 1. The first kappa shape index (κ1) is 21.5. The maximum Gasteiger partial charge on any atom is 0.191 e. The normalized spacial score (nSPS) is 12.6. The van der Waals surface area contributed by atoms with Gasteiger partial charge in [-0.1, -0.05) is 18.2 Å². The number of guanidine groups is 1. The van der Waals surface area contributed by atoms with Crippen molar-refractivity contribution in [3.05, 3.63) is 59.4 Å². The number of nitrogens with one attached hydrogen (secondary N) is 2. The molecule has 3 aromatic rings. The lowest BCUT2D eigenvalue weighted by Gasteiger charge is -2.18. The molecule has 30 heavy (non-hydrogen) atoms. The van der Waals surface area contributed by atoms with Gasteiger partial charge >= 0.3 is 0 Å². The van der Waals surface area contributed by atoms with E-state index in [9.17, 15) is 5.11 Å². The van der Waals surface area contributed by atoms with Crippen LogP contribution in [-0.2, 0) is 6.54 Å². The first-order chi connectivity index (χ1) is 14.6. The van der Waals surface area contributed by atoms with Crippen molar-refractivity contribution in [2.75, 3.05) is 27.3 Å². The molecule has 0 radical (unpaired) electrons. The number of rotatable bonds is 8. The van der Waals surface area contributed by atoms with Crippen LogP contribution in [0.2, 0.25) is 0 Å². The highest BCUT2D eigenvalue weighted by Crippen LogP contribution is 2.29. The van der Waals surface area contributed by atoms with E-state index in [0.29, 0.717) is 36.1 Å². The molecule has 0 aliphatic heterocycles. The molecule has 0 amide bonds. The maximum absolute atomic E-state index is 10.7. The van der Waals surface area contributed by atoms with Gasteiger partial charge in [0.05, 0.1) is 20.3 Å². The van der Waals surface area contributed by atoms with Crippen molar-refractivity contribution in [2.45, 2.75) is 26.5 Å². The number of furan rings is 1. The molecule has 7 nitrogen and oxygen atoms in total. The Labute approximate surface area is 176 Å². The SMILES string of the molecule is CCNC(=NCc1oc2ccccc2c1C)NCC(O)c1cc(OC)ccc1OC. The number of hydrogen-bond donors (Lipinski definition) is 3. The van der Waals surface area contributed by atoms with Crippen LogP contribution in [0.3, 0.4) is 0 Å². The molecular weight excluding hydrogens is 382 g/mol. The van der Waals surface area contributed by atoms with Crippen LogP contribution in [-0.4, -0.2) is 38.4 Å². The van der Waals surface area contributed by atoms with E-state index in [1.54, 1.807) is 32.4 Å². The van der Waals surface area contributed by atoms with Crippen LogP contribution in [0.5, 0.6) is 11.5 Å². The molecule has 1 heterocycles. The predicted molar refractivity (Wildman–Crippen MR) is 118 cm³/mol. The van der Waals surface area contributed by atoms with Crippen molar-refractivity contribution in [3.63, 3.8) is 0 Å². The van der Waals surface area contributed by atoms with Crippen LogP contribution in [0.25, 0.3) is 11.0 Å². The average molecular weight is 412 g/mol. The molecule has 160 valence electrons. The number of nitrogens with zero attached hydrogens (tertiary/aromatic N) is 1. The summed E-state index contributed by atoms with van der Waals surface area (Å²) in [5.41, 5.74) is 2.60. The minimum atomic E-state index is -0.799. The highest BCUT2D eigenvalue weighted by molar-refractivity contribution is 5.82. The molecule has 0 spiro atoms. The Bertz CT molecular complexity index is 1010. The summed E-state index contributed by atoms with van der Waals surface area (Å²) < 4.78 is 16.6. The summed E-state index contributed by atoms with van der Waals surface area (Å²) in [6.07, 6.45) is -0.799. The molecule has 1 atom stereocenters. The van der Waals surface area contributed by atoms with Crippen molar-refractivity contribution in [3.8, 4) is 11.5 Å². The summed E-state index contributed by atoms with van der Waals surface area (Å²) in [4.78, 5) is 4.62. The summed E-state index contributed by atoms with van der Waals surface area (Å²) in [5.74, 6) is 2.68. The summed E-state index contributed by atoms with van der Waals surface area (Å²) in [5, 5.41) is 18.2. The standard InChI is InChI=1S/C23H29N3O4/c1-5-24-23(26-14-22-15(2)17-8-6-7-9-21(17)30-22)25-13-19(27)18-12-16(28-3)10-11-20(18)29-4/h6-12,19,27H,5,13-14H2,1-4H3,(H2,24,25,26). The third kappa shape index (κ3) is 4.86. The number of methoxy groups -OCH3 is 2. The van der Waals surface area contributed by atoms with Crippen molar-refractivity contribution < 1.29 is 19.0 Å². The van der Waals surface area contributed by atoms with Gasteiger partial charge in [0.15, 0.2) is 5.96 Å². The Hall–Kier alpha value is -3.19.